The molecule has 3 rings (SSSR count). The van der Waals surface area contributed by atoms with Crippen LogP contribution in [0, 0.1) is 18.3 Å². The number of nitriles is 1. The quantitative estimate of drug-likeness (QED) is 0.774. The Balaban J connectivity index is 2.04. The van der Waals surface area contributed by atoms with Crippen LogP contribution in [0.5, 0.6) is 0 Å². The van der Waals surface area contributed by atoms with Crippen LogP contribution in [-0.4, -0.2) is 4.98 Å². The van der Waals surface area contributed by atoms with E-state index in [1.807, 2.05) is 6.92 Å². The summed E-state index contributed by atoms with van der Waals surface area (Å²) in [5.41, 5.74) is 4.95. The zero-order valence-electron chi connectivity index (χ0n) is 10.4. The van der Waals surface area contributed by atoms with Gasteiger partial charge in [0.25, 0.3) is 0 Å². The Morgan fingerprint density at radius 1 is 1.22 bits per heavy atom. The van der Waals surface area contributed by atoms with E-state index in [1.54, 1.807) is 0 Å². The van der Waals surface area contributed by atoms with E-state index < -0.39 is 0 Å². The van der Waals surface area contributed by atoms with E-state index in [2.05, 4.69) is 29.3 Å². The van der Waals surface area contributed by atoms with Gasteiger partial charge in [-0.2, -0.15) is 5.26 Å². The number of hydrogen-bond donors (Lipinski definition) is 0. The molecule has 0 radical (unpaired) electrons. The Bertz CT molecular complexity index is 634. The van der Waals surface area contributed by atoms with E-state index >= 15 is 0 Å². The monoisotopic (exact) mass is 254 g/mol. The fourth-order valence-corrected chi connectivity index (χ4v) is 3.35. The van der Waals surface area contributed by atoms with Crippen molar-refractivity contribution in [3.8, 4) is 16.6 Å². The van der Waals surface area contributed by atoms with Crippen LogP contribution in [0.4, 0.5) is 0 Å². The van der Waals surface area contributed by atoms with Gasteiger partial charge in [-0.05, 0) is 49.8 Å². The first-order valence-electron chi connectivity index (χ1n) is 6.27. The average Bonchev–Trinajstić information content (AvgIpc) is 2.79. The highest BCUT2D eigenvalue weighted by atomic mass is 32.1. The van der Waals surface area contributed by atoms with E-state index in [0.717, 1.165) is 21.1 Å². The zero-order valence-corrected chi connectivity index (χ0v) is 11.2. The molecule has 3 heteroatoms. The third kappa shape index (κ3) is 1.93. The summed E-state index contributed by atoms with van der Waals surface area (Å²) in [7, 11) is 0. The predicted octanol–water partition coefficient (Wildman–Crippen LogP) is 3.87. The molecule has 0 N–H and O–H groups in total. The number of rotatable bonds is 1. The maximum Gasteiger partial charge on any atom is 0.128 e. The zero-order chi connectivity index (χ0) is 12.5. The first-order valence-corrected chi connectivity index (χ1v) is 7.09. The second kappa shape index (κ2) is 4.55. The summed E-state index contributed by atoms with van der Waals surface area (Å²) in [6, 6.07) is 8.83. The maximum atomic E-state index is 8.99. The molecule has 0 fully saturated rings. The Morgan fingerprint density at radius 2 is 2.00 bits per heavy atom. The molecule has 1 aromatic carbocycles. The normalized spacial score (nSPS) is 14.0. The summed E-state index contributed by atoms with van der Waals surface area (Å²) in [6.07, 6.45) is 4.98. The molecule has 1 heterocycles. The van der Waals surface area contributed by atoms with E-state index in [-0.39, 0.29) is 0 Å². The van der Waals surface area contributed by atoms with Gasteiger partial charge in [-0.3, -0.25) is 0 Å². The summed E-state index contributed by atoms with van der Waals surface area (Å²) in [6.45, 7) is 1.90. The summed E-state index contributed by atoms with van der Waals surface area (Å²) < 4.78 is 0. The molecule has 18 heavy (non-hydrogen) atoms. The molecule has 0 bridgehead atoms. The van der Waals surface area contributed by atoms with Crippen LogP contribution in [0.3, 0.4) is 0 Å². The number of benzene rings is 1. The number of aryl methyl sites for hydroxylation is 3. The summed E-state index contributed by atoms with van der Waals surface area (Å²) >= 11 is 1.49. The third-order valence-electron chi connectivity index (χ3n) is 3.49. The number of nitrogens with zero attached hydrogens (tertiary/aromatic N) is 2. The van der Waals surface area contributed by atoms with Crippen LogP contribution in [0.25, 0.3) is 10.6 Å². The lowest BCUT2D eigenvalue weighted by Gasteiger charge is -2.15. The average molecular weight is 254 g/mol. The van der Waals surface area contributed by atoms with Gasteiger partial charge in [0.2, 0.25) is 0 Å². The molecule has 1 aliphatic carbocycles. The number of aromatic nitrogens is 1. The van der Waals surface area contributed by atoms with Crippen molar-refractivity contribution in [2.45, 2.75) is 32.6 Å². The molecule has 0 spiro atoms. The van der Waals surface area contributed by atoms with E-state index in [1.165, 1.54) is 48.1 Å². The summed E-state index contributed by atoms with van der Waals surface area (Å²) in [5, 5.41) is 9.96. The van der Waals surface area contributed by atoms with E-state index in [9.17, 15) is 0 Å². The second-order valence-corrected chi connectivity index (χ2v) is 5.74. The van der Waals surface area contributed by atoms with Gasteiger partial charge in [-0.25, -0.2) is 4.98 Å². The Kier molecular flexibility index (Phi) is 2.89. The Hall–Kier alpha value is -1.66. The largest absolute Gasteiger partial charge is 0.240 e. The minimum atomic E-state index is 0.725. The highest BCUT2D eigenvalue weighted by Crippen LogP contribution is 2.31. The maximum absolute atomic E-state index is 8.99. The van der Waals surface area contributed by atoms with Crippen molar-refractivity contribution in [2.75, 3.05) is 0 Å². The Morgan fingerprint density at radius 3 is 2.72 bits per heavy atom. The fraction of sp³-hybridized carbons (Fsp3) is 0.333. The van der Waals surface area contributed by atoms with Gasteiger partial charge in [0, 0.05) is 5.56 Å². The highest BCUT2D eigenvalue weighted by Gasteiger charge is 2.13. The standard InChI is InChI=1S/C15H14N2S/c1-10-14(9-16)18-15(17-10)13-7-6-11-4-2-3-5-12(11)8-13/h6-8H,2-5H2,1H3. The van der Waals surface area contributed by atoms with Gasteiger partial charge in [0.1, 0.15) is 16.0 Å². The number of thiazole rings is 1. The summed E-state index contributed by atoms with van der Waals surface area (Å²) in [4.78, 5) is 5.22. The first-order chi connectivity index (χ1) is 8.78. The third-order valence-corrected chi connectivity index (χ3v) is 4.60. The molecule has 2 nitrogen and oxygen atoms in total. The molecule has 0 amide bonds. The van der Waals surface area contributed by atoms with Crippen molar-refractivity contribution in [1.82, 2.24) is 4.98 Å². The molecule has 1 aliphatic rings. The van der Waals surface area contributed by atoms with Crippen LogP contribution in [0.15, 0.2) is 18.2 Å². The summed E-state index contributed by atoms with van der Waals surface area (Å²) in [5.74, 6) is 0. The molecule has 0 unspecified atom stereocenters. The molecular weight excluding hydrogens is 240 g/mol. The first kappa shape index (κ1) is 11.4. The topological polar surface area (TPSA) is 36.7 Å². The molecule has 1 aromatic heterocycles. The molecular formula is C15H14N2S. The SMILES string of the molecule is Cc1nc(-c2ccc3c(c2)CCCC3)sc1C#N. The highest BCUT2D eigenvalue weighted by molar-refractivity contribution is 7.15. The van der Waals surface area contributed by atoms with Gasteiger partial charge in [0.05, 0.1) is 5.69 Å². The van der Waals surface area contributed by atoms with Crippen LogP contribution >= 0.6 is 11.3 Å². The number of hydrogen-bond acceptors (Lipinski definition) is 3. The molecule has 0 saturated carbocycles. The van der Waals surface area contributed by atoms with E-state index in [4.69, 9.17) is 5.26 Å². The minimum absolute atomic E-state index is 0.725. The van der Waals surface area contributed by atoms with Gasteiger partial charge >= 0.3 is 0 Å². The van der Waals surface area contributed by atoms with Crippen molar-refractivity contribution in [3.63, 3.8) is 0 Å². The van der Waals surface area contributed by atoms with Gasteiger partial charge in [0.15, 0.2) is 0 Å². The molecule has 0 aliphatic heterocycles. The van der Waals surface area contributed by atoms with Gasteiger partial charge < -0.3 is 0 Å². The van der Waals surface area contributed by atoms with Gasteiger partial charge in [-0.1, -0.05) is 12.1 Å². The van der Waals surface area contributed by atoms with Crippen LogP contribution in [0.2, 0.25) is 0 Å². The lowest BCUT2D eigenvalue weighted by molar-refractivity contribution is 0.686. The second-order valence-electron chi connectivity index (χ2n) is 4.74. The minimum Gasteiger partial charge on any atom is -0.240 e. The smallest absolute Gasteiger partial charge is 0.128 e. The van der Waals surface area contributed by atoms with Crippen molar-refractivity contribution >= 4 is 11.3 Å². The van der Waals surface area contributed by atoms with Crippen LogP contribution in [0.1, 0.15) is 34.5 Å². The van der Waals surface area contributed by atoms with Gasteiger partial charge in [-0.15, -0.1) is 11.3 Å². The van der Waals surface area contributed by atoms with Crippen molar-refractivity contribution < 1.29 is 0 Å². The number of fused-ring (bicyclic) bond motifs is 1. The van der Waals surface area contributed by atoms with Crippen LogP contribution < -0.4 is 0 Å². The molecule has 90 valence electrons. The van der Waals surface area contributed by atoms with E-state index in [0.29, 0.717) is 0 Å². The molecule has 2 aromatic rings. The van der Waals surface area contributed by atoms with Crippen LogP contribution in [-0.2, 0) is 12.8 Å². The molecule has 0 saturated heterocycles. The molecule has 0 atom stereocenters. The lowest BCUT2D eigenvalue weighted by atomic mass is 9.90. The van der Waals surface area contributed by atoms with Crippen molar-refractivity contribution in [2.24, 2.45) is 0 Å². The van der Waals surface area contributed by atoms with Crippen molar-refractivity contribution in [1.29, 1.82) is 5.26 Å². The Labute approximate surface area is 111 Å². The fourth-order valence-electron chi connectivity index (χ4n) is 2.49. The lowest BCUT2D eigenvalue weighted by Crippen LogP contribution is -2.02. The van der Waals surface area contributed by atoms with Crippen molar-refractivity contribution in [3.05, 3.63) is 39.9 Å². The predicted molar refractivity (Wildman–Crippen MR) is 73.6 cm³/mol.